The molecule has 0 heterocycles. The number of amides is 2. The first kappa shape index (κ1) is 18.3. The number of likely N-dealkylation sites (N-methyl/N-ethyl adjacent to an activating group) is 1. The van der Waals surface area contributed by atoms with E-state index in [1.165, 1.54) is 38.5 Å². The Morgan fingerprint density at radius 2 is 1.63 bits per heavy atom. The highest BCUT2D eigenvalue weighted by atomic mass is 16.5. The van der Waals surface area contributed by atoms with E-state index in [0.29, 0.717) is 12.1 Å². The molecule has 0 radical (unpaired) electrons. The Hall–Kier alpha value is -2.04. The van der Waals surface area contributed by atoms with Crippen molar-refractivity contribution in [3.8, 4) is 5.75 Å². The van der Waals surface area contributed by atoms with Gasteiger partial charge in [-0.2, -0.15) is 0 Å². The number of benzene rings is 1. The lowest BCUT2D eigenvalue weighted by atomic mass is 9.49. The molecular weight excluding hydrogens is 340 g/mol. The number of hydrogen-bond donors (Lipinski definition) is 1. The summed E-state index contributed by atoms with van der Waals surface area (Å²) in [7, 11) is 3.36. The maximum Gasteiger partial charge on any atom is 0.243 e. The van der Waals surface area contributed by atoms with E-state index < -0.39 is 0 Å². The van der Waals surface area contributed by atoms with Gasteiger partial charge in [-0.3, -0.25) is 9.59 Å². The zero-order valence-corrected chi connectivity index (χ0v) is 16.4. The standard InChI is InChI=1S/C22H30N2O3/c1-24(14-20(25)23-18-3-5-19(27-2)6-4-18)21(26)13-22-10-15-7-16(11-22)9-17(8-15)12-22/h3-6,15-17H,7-14H2,1-2H3,(H,23,25). The quantitative estimate of drug-likeness (QED) is 0.831. The second-order valence-corrected chi connectivity index (χ2v) is 9.12. The van der Waals surface area contributed by atoms with Crippen LogP contribution in [0.3, 0.4) is 0 Å². The third-order valence-corrected chi connectivity index (χ3v) is 6.87. The summed E-state index contributed by atoms with van der Waals surface area (Å²) < 4.78 is 5.12. The van der Waals surface area contributed by atoms with Gasteiger partial charge < -0.3 is 15.0 Å². The molecular formula is C22H30N2O3. The summed E-state index contributed by atoms with van der Waals surface area (Å²) in [6.45, 7) is 0.0945. The average molecular weight is 370 g/mol. The molecule has 0 aromatic heterocycles. The van der Waals surface area contributed by atoms with Crippen molar-refractivity contribution in [2.24, 2.45) is 23.2 Å². The minimum atomic E-state index is -0.165. The lowest BCUT2D eigenvalue weighted by Gasteiger charge is -2.56. The minimum absolute atomic E-state index is 0.0945. The van der Waals surface area contributed by atoms with Crippen LogP contribution < -0.4 is 10.1 Å². The zero-order chi connectivity index (χ0) is 19.0. The first-order chi connectivity index (χ1) is 12.9. The minimum Gasteiger partial charge on any atom is -0.497 e. The highest BCUT2D eigenvalue weighted by Crippen LogP contribution is 2.61. The van der Waals surface area contributed by atoms with Crippen LogP contribution in [-0.2, 0) is 9.59 Å². The molecule has 0 atom stereocenters. The molecule has 2 amide bonds. The van der Waals surface area contributed by atoms with Gasteiger partial charge in [0, 0.05) is 19.2 Å². The Kier molecular flexibility index (Phi) is 4.87. The Balaban J connectivity index is 1.30. The molecule has 27 heavy (non-hydrogen) atoms. The van der Waals surface area contributed by atoms with Crippen LogP contribution in [0.4, 0.5) is 5.69 Å². The SMILES string of the molecule is COc1ccc(NC(=O)CN(C)C(=O)CC23CC4CC(CC(C4)C2)C3)cc1. The van der Waals surface area contributed by atoms with E-state index >= 15 is 0 Å². The van der Waals surface area contributed by atoms with Crippen LogP contribution in [0.25, 0.3) is 0 Å². The molecule has 4 aliphatic carbocycles. The largest absolute Gasteiger partial charge is 0.497 e. The fourth-order valence-electron chi connectivity index (χ4n) is 6.14. The average Bonchev–Trinajstić information content (AvgIpc) is 2.60. The molecule has 0 spiro atoms. The lowest BCUT2D eigenvalue weighted by molar-refractivity contribution is -0.140. The fraction of sp³-hybridized carbons (Fsp3) is 0.636. The van der Waals surface area contributed by atoms with Gasteiger partial charge >= 0.3 is 0 Å². The second kappa shape index (κ2) is 7.17. The summed E-state index contributed by atoms with van der Waals surface area (Å²) >= 11 is 0. The molecule has 0 unspecified atom stereocenters. The van der Waals surface area contributed by atoms with E-state index in [0.717, 1.165) is 23.5 Å². The van der Waals surface area contributed by atoms with Crippen LogP contribution in [-0.4, -0.2) is 37.4 Å². The Bertz CT molecular complexity index is 677. The van der Waals surface area contributed by atoms with E-state index in [9.17, 15) is 9.59 Å². The monoisotopic (exact) mass is 370 g/mol. The van der Waals surface area contributed by atoms with E-state index in [1.54, 1.807) is 43.3 Å². The van der Waals surface area contributed by atoms with Crippen molar-refractivity contribution in [2.45, 2.75) is 44.9 Å². The number of methoxy groups -OCH3 is 1. The van der Waals surface area contributed by atoms with Crippen molar-refractivity contribution in [3.05, 3.63) is 24.3 Å². The van der Waals surface area contributed by atoms with Crippen LogP contribution in [0, 0.1) is 23.2 Å². The molecule has 5 heteroatoms. The number of carbonyl (C=O) groups excluding carboxylic acids is 2. The highest BCUT2D eigenvalue weighted by Gasteiger charge is 2.51. The molecule has 1 aromatic carbocycles. The number of anilines is 1. The number of hydrogen-bond acceptors (Lipinski definition) is 3. The number of nitrogens with one attached hydrogen (secondary N) is 1. The van der Waals surface area contributed by atoms with Crippen molar-refractivity contribution < 1.29 is 14.3 Å². The molecule has 1 N–H and O–H groups in total. The Labute approximate surface area is 161 Å². The molecule has 4 aliphatic rings. The maximum absolute atomic E-state index is 12.8. The van der Waals surface area contributed by atoms with E-state index in [4.69, 9.17) is 4.74 Å². The van der Waals surface area contributed by atoms with Crippen LogP contribution >= 0.6 is 0 Å². The predicted octanol–water partition coefficient (Wildman–Crippen LogP) is 3.70. The van der Waals surface area contributed by atoms with Gasteiger partial charge in [-0.1, -0.05) is 0 Å². The van der Waals surface area contributed by atoms with E-state index in [2.05, 4.69) is 5.32 Å². The molecule has 4 bridgehead atoms. The van der Waals surface area contributed by atoms with Crippen molar-refractivity contribution >= 4 is 17.5 Å². The summed E-state index contributed by atoms with van der Waals surface area (Å²) in [5, 5.41) is 2.85. The van der Waals surface area contributed by atoms with Gasteiger partial charge in [-0.25, -0.2) is 0 Å². The first-order valence-corrected chi connectivity index (χ1v) is 10.1. The number of rotatable bonds is 6. The van der Waals surface area contributed by atoms with E-state index in [-0.39, 0.29) is 23.8 Å². The highest BCUT2D eigenvalue weighted by molar-refractivity contribution is 5.94. The number of carbonyl (C=O) groups is 2. The molecule has 0 saturated heterocycles. The smallest absolute Gasteiger partial charge is 0.243 e. The normalized spacial score (nSPS) is 30.8. The summed E-state index contributed by atoms with van der Waals surface area (Å²) in [6, 6.07) is 7.21. The second-order valence-electron chi connectivity index (χ2n) is 9.12. The van der Waals surface area contributed by atoms with Crippen LogP contribution in [0.2, 0.25) is 0 Å². The van der Waals surface area contributed by atoms with Gasteiger partial charge in [-0.05, 0) is 86.0 Å². The third-order valence-electron chi connectivity index (χ3n) is 6.87. The van der Waals surface area contributed by atoms with Gasteiger partial charge in [-0.15, -0.1) is 0 Å². The third kappa shape index (κ3) is 3.97. The predicted molar refractivity (Wildman–Crippen MR) is 104 cm³/mol. The lowest BCUT2D eigenvalue weighted by Crippen LogP contribution is -2.48. The maximum atomic E-state index is 12.8. The van der Waals surface area contributed by atoms with Crippen molar-refractivity contribution in [3.63, 3.8) is 0 Å². The van der Waals surface area contributed by atoms with Crippen molar-refractivity contribution in [1.82, 2.24) is 4.90 Å². The summed E-state index contributed by atoms with van der Waals surface area (Å²) in [5.41, 5.74) is 0.926. The molecule has 146 valence electrons. The van der Waals surface area contributed by atoms with Gasteiger partial charge in [0.1, 0.15) is 5.75 Å². The van der Waals surface area contributed by atoms with Gasteiger partial charge in [0.25, 0.3) is 0 Å². The Morgan fingerprint density at radius 1 is 1.07 bits per heavy atom. The zero-order valence-electron chi connectivity index (χ0n) is 16.4. The van der Waals surface area contributed by atoms with Gasteiger partial charge in [0.2, 0.25) is 11.8 Å². The molecule has 4 fully saturated rings. The van der Waals surface area contributed by atoms with Crippen molar-refractivity contribution in [2.75, 3.05) is 26.0 Å². The summed E-state index contributed by atoms with van der Waals surface area (Å²) in [4.78, 5) is 26.7. The topological polar surface area (TPSA) is 58.6 Å². The number of ether oxygens (including phenoxy) is 1. The Morgan fingerprint density at radius 3 is 2.15 bits per heavy atom. The number of nitrogens with zero attached hydrogens (tertiary/aromatic N) is 1. The van der Waals surface area contributed by atoms with Crippen LogP contribution in [0.15, 0.2) is 24.3 Å². The molecule has 5 rings (SSSR count). The summed E-state index contributed by atoms with van der Waals surface area (Å²) in [5.74, 6) is 3.22. The molecule has 5 nitrogen and oxygen atoms in total. The van der Waals surface area contributed by atoms with E-state index in [1.807, 2.05) is 0 Å². The molecule has 4 saturated carbocycles. The van der Waals surface area contributed by atoms with Gasteiger partial charge in [0.05, 0.1) is 13.7 Å². The van der Waals surface area contributed by atoms with Gasteiger partial charge in [0.15, 0.2) is 0 Å². The van der Waals surface area contributed by atoms with Crippen LogP contribution in [0.5, 0.6) is 5.75 Å². The molecule has 0 aliphatic heterocycles. The van der Waals surface area contributed by atoms with Crippen LogP contribution in [0.1, 0.15) is 44.9 Å². The van der Waals surface area contributed by atoms with Crippen molar-refractivity contribution in [1.29, 1.82) is 0 Å². The first-order valence-electron chi connectivity index (χ1n) is 10.1. The fourth-order valence-corrected chi connectivity index (χ4v) is 6.14. The summed E-state index contributed by atoms with van der Waals surface area (Å²) in [6.07, 6.45) is 8.42. The molecule has 1 aromatic rings.